The van der Waals surface area contributed by atoms with Crippen LogP contribution in [0, 0.1) is 22.7 Å². The second kappa shape index (κ2) is 6.11. The predicted octanol–water partition coefficient (Wildman–Crippen LogP) is 4.04. The molecule has 0 radical (unpaired) electrons. The van der Waals surface area contributed by atoms with Gasteiger partial charge in [0, 0.05) is 6.20 Å². The summed E-state index contributed by atoms with van der Waals surface area (Å²) in [5.74, 6) is 0. The van der Waals surface area contributed by atoms with Crippen molar-refractivity contribution in [2.24, 2.45) is 0 Å². The Bertz CT molecular complexity index is 774. The Morgan fingerprint density at radius 2 is 1.73 bits per heavy atom. The van der Waals surface area contributed by atoms with Gasteiger partial charge in [-0.3, -0.25) is 4.98 Å². The highest BCUT2D eigenvalue weighted by Crippen LogP contribution is 2.29. The van der Waals surface area contributed by atoms with E-state index in [1.165, 1.54) is 6.08 Å². The van der Waals surface area contributed by atoms with Crippen molar-refractivity contribution >= 4 is 11.6 Å². The highest BCUT2D eigenvalue weighted by molar-refractivity contribution is 5.88. The van der Waals surface area contributed by atoms with Crippen LogP contribution < -0.4 is 0 Å². The molecule has 0 aliphatic carbocycles. The van der Waals surface area contributed by atoms with Crippen molar-refractivity contribution < 1.29 is 13.2 Å². The summed E-state index contributed by atoms with van der Waals surface area (Å²) < 4.78 is 37.4. The first kappa shape index (κ1) is 15.3. The van der Waals surface area contributed by atoms with Gasteiger partial charge in [-0.1, -0.05) is 12.1 Å². The van der Waals surface area contributed by atoms with Crippen molar-refractivity contribution in [3.05, 3.63) is 65.0 Å². The van der Waals surface area contributed by atoms with E-state index in [1.807, 2.05) is 12.1 Å². The number of hydrogen-bond donors (Lipinski definition) is 0. The van der Waals surface area contributed by atoms with Crippen molar-refractivity contribution in [3.8, 4) is 12.1 Å². The molecule has 1 heterocycles. The summed E-state index contributed by atoms with van der Waals surface area (Å²) in [7, 11) is 0. The molecule has 0 atom stereocenters. The minimum atomic E-state index is -4.46. The number of allylic oxidation sites excluding steroid dienone is 1. The number of hydrogen-bond acceptors (Lipinski definition) is 3. The maximum absolute atomic E-state index is 12.5. The monoisotopic (exact) mass is 299 g/mol. The van der Waals surface area contributed by atoms with Crippen LogP contribution in [-0.4, -0.2) is 4.98 Å². The maximum Gasteiger partial charge on any atom is 0.417 e. The lowest BCUT2D eigenvalue weighted by atomic mass is 10.1. The van der Waals surface area contributed by atoms with Crippen molar-refractivity contribution in [1.29, 1.82) is 10.5 Å². The highest BCUT2D eigenvalue weighted by Gasteiger charge is 2.30. The molecule has 0 aliphatic rings. The van der Waals surface area contributed by atoms with Gasteiger partial charge in [-0.15, -0.1) is 0 Å². The third-order valence-corrected chi connectivity index (χ3v) is 2.84. The third kappa shape index (κ3) is 3.50. The molecule has 0 spiro atoms. The number of pyridine rings is 1. The predicted molar refractivity (Wildman–Crippen MR) is 73.9 cm³/mol. The van der Waals surface area contributed by atoms with E-state index in [2.05, 4.69) is 4.98 Å². The Hall–Kier alpha value is -3.12. The molecule has 0 unspecified atom stereocenters. The number of aromatic nitrogens is 1. The van der Waals surface area contributed by atoms with Crippen LogP contribution in [-0.2, 0) is 6.18 Å². The van der Waals surface area contributed by atoms with Crippen LogP contribution in [0.3, 0.4) is 0 Å². The van der Waals surface area contributed by atoms with E-state index in [1.54, 1.807) is 24.3 Å². The van der Waals surface area contributed by atoms with E-state index in [9.17, 15) is 13.2 Å². The van der Waals surface area contributed by atoms with Gasteiger partial charge in [-0.2, -0.15) is 23.7 Å². The van der Waals surface area contributed by atoms with Gasteiger partial charge in [0.1, 0.15) is 6.07 Å². The van der Waals surface area contributed by atoms with Gasteiger partial charge >= 0.3 is 6.18 Å². The first-order valence-corrected chi connectivity index (χ1v) is 6.09. The smallest absolute Gasteiger partial charge is 0.255 e. The average Bonchev–Trinajstić information content (AvgIpc) is 2.52. The van der Waals surface area contributed by atoms with Crippen molar-refractivity contribution in [2.45, 2.75) is 6.18 Å². The minimum Gasteiger partial charge on any atom is -0.255 e. The standard InChI is InChI=1S/C16H8F3N3/c17-16(18,19)14-5-6-15(22-10-14)13(9-21)7-11-1-3-12(8-20)4-2-11/h1-7,10H/b13-7+. The van der Waals surface area contributed by atoms with Crippen LogP contribution in [0.25, 0.3) is 11.6 Å². The molecule has 0 amide bonds. The molecule has 6 heteroatoms. The number of alkyl halides is 3. The summed E-state index contributed by atoms with van der Waals surface area (Å²) in [6, 6.07) is 12.4. The second-order valence-corrected chi connectivity index (χ2v) is 4.33. The molecule has 1 aromatic heterocycles. The van der Waals surface area contributed by atoms with Gasteiger partial charge in [0.05, 0.1) is 28.5 Å². The summed E-state index contributed by atoms with van der Waals surface area (Å²) >= 11 is 0. The normalized spacial score (nSPS) is 11.6. The summed E-state index contributed by atoms with van der Waals surface area (Å²) in [5, 5.41) is 17.8. The van der Waals surface area contributed by atoms with E-state index in [0.717, 1.165) is 12.1 Å². The number of rotatable bonds is 2. The van der Waals surface area contributed by atoms with E-state index in [-0.39, 0.29) is 11.3 Å². The van der Waals surface area contributed by atoms with Gasteiger partial charge in [-0.25, -0.2) is 0 Å². The molecular weight excluding hydrogens is 291 g/mol. The largest absolute Gasteiger partial charge is 0.417 e. The Morgan fingerprint density at radius 1 is 1.05 bits per heavy atom. The van der Waals surface area contributed by atoms with Crippen molar-refractivity contribution in [3.63, 3.8) is 0 Å². The lowest BCUT2D eigenvalue weighted by Gasteiger charge is -2.06. The van der Waals surface area contributed by atoms with E-state index < -0.39 is 11.7 Å². The average molecular weight is 299 g/mol. The molecule has 0 fully saturated rings. The molecular formula is C16H8F3N3. The Balaban J connectivity index is 2.33. The molecule has 1 aromatic carbocycles. The molecule has 0 N–H and O–H groups in total. The minimum absolute atomic E-state index is 0.137. The first-order valence-electron chi connectivity index (χ1n) is 6.09. The molecule has 0 saturated carbocycles. The SMILES string of the molecule is N#C/C(=C\c1ccc(C#N)cc1)c1ccc(C(F)(F)F)cn1. The van der Waals surface area contributed by atoms with E-state index >= 15 is 0 Å². The number of nitriles is 2. The quantitative estimate of drug-likeness (QED) is 0.786. The molecule has 108 valence electrons. The van der Waals surface area contributed by atoms with Crippen LogP contribution in [0.4, 0.5) is 13.2 Å². The molecule has 22 heavy (non-hydrogen) atoms. The third-order valence-electron chi connectivity index (χ3n) is 2.84. The Kier molecular flexibility index (Phi) is 4.24. The molecule has 0 aliphatic heterocycles. The van der Waals surface area contributed by atoms with Gasteiger partial charge in [-0.05, 0) is 35.9 Å². The zero-order valence-electron chi connectivity index (χ0n) is 11.1. The lowest BCUT2D eigenvalue weighted by Crippen LogP contribution is -2.05. The summed E-state index contributed by atoms with van der Waals surface area (Å²) in [5.41, 5.74) is 0.547. The van der Waals surface area contributed by atoms with Crippen LogP contribution in [0.5, 0.6) is 0 Å². The van der Waals surface area contributed by atoms with E-state index in [4.69, 9.17) is 10.5 Å². The van der Waals surface area contributed by atoms with Crippen LogP contribution in [0.15, 0.2) is 42.6 Å². The molecule has 0 bridgehead atoms. The van der Waals surface area contributed by atoms with Crippen LogP contribution in [0.2, 0.25) is 0 Å². The van der Waals surface area contributed by atoms with Crippen LogP contribution >= 0.6 is 0 Å². The van der Waals surface area contributed by atoms with Crippen molar-refractivity contribution in [1.82, 2.24) is 4.98 Å². The highest BCUT2D eigenvalue weighted by atomic mass is 19.4. The lowest BCUT2D eigenvalue weighted by molar-refractivity contribution is -0.137. The molecule has 2 rings (SSSR count). The summed E-state index contributed by atoms with van der Waals surface area (Å²) in [4.78, 5) is 3.68. The fraction of sp³-hybridized carbons (Fsp3) is 0.0625. The van der Waals surface area contributed by atoms with Crippen LogP contribution in [0.1, 0.15) is 22.4 Å². The Morgan fingerprint density at radius 3 is 2.18 bits per heavy atom. The van der Waals surface area contributed by atoms with Gasteiger partial charge in [0.15, 0.2) is 0 Å². The zero-order valence-corrected chi connectivity index (χ0v) is 11.1. The van der Waals surface area contributed by atoms with Crippen molar-refractivity contribution in [2.75, 3.05) is 0 Å². The molecule has 3 nitrogen and oxygen atoms in total. The first-order chi connectivity index (χ1) is 10.4. The number of halogens is 3. The number of benzene rings is 1. The fourth-order valence-electron chi connectivity index (χ4n) is 1.70. The zero-order chi connectivity index (χ0) is 16.2. The molecule has 2 aromatic rings. The van der Waals surface area contributed by atoms with E-state index in [0.29, 0.717) is 17.3 Å². The number of nitrogens with zero attached hydrogens (tertiary/aromatic N) is 3. The Labute approximate surface area is 124 Å². The second-order valence-electron chi connectivity index (χ2n) is 4.33. The van der Waals surface area contributed by atoms with Gasteiger partial charge < -0.3 is 0 Å². The van der Waals surface area contributed by atoms with Gasteiger partial charge in [0.25, 0.3) is 0 Å². The summed E-state index contributed by atoms with van der Waals surface area (Å²) in [6.07, 6.45) is -2.27. The fourth-order valence-corrected chi connectivity index (χ4v) is 1.70. The molecule has 0 saturated heterocycles. The maximum atomic E-state index is 12.5. The summed E-state index contributed by atoms with van der Waals surface area (Å²) in [6.45, 7) is 0. The topological polar surface area (TPSA) is 60.5 Å². The van der Waals surface area contributed by atoms with Gasteiger partial charge in [0.2, 0.25) is 0 Å².